The van der Waals surface area contributed by atoms with Crippen LogP contribution >= 0.6 is 0 Å². The van der Waals surface area contributed by atoms with Crippen molar-refractivity contribution < 1.29 is 27.2 Å². The maximum Gasteiger partial charge on any atom is 0.437 e. The molecule has 6 rings (SSSR count). The summed E-state index contributed by atoms with van der Waals surface area (Å²) in [5.41, 5.74) is 1.52. The zero-order valence-electron chi connectivity index (χ0n) is 25.3. The molecule has 2 aromatic carbocycles. The maximum atomic E-state index is 13.8. The lowest BCUT2D eigenvalue weighted by Gasteiger charge is -2.35. The second kappa shape index (κ2) is 13.1. The first-order valence-electron chi connectivity index (χ1n) is 15.2. The minimum absolute atomic E-state index is 0.197. The molecule has 2 N–H and O–H groups in total. The summed E-state index contributed by atoms with van der Waals surface area (Å²) in [5, 5.41) is 5.49. The molecule has 240 valence electrons. The monoisotopic (exact) mass is 633 g/mol. The van der Waals surface area contributed by atoms with Crippen LogP contribution in [0.5, 0.6) is 0 Å². The molecule has 0 saturated carbocycles. The summed E-state index contributed by atoms with van der Waals surface area (Å²) in [6, 6.07) is 20.3. The van der Waals surface area contributed by atoms with Gasteiger partial charge in [0.25, 0.3) is 11.9 Å². The van der Waals surface area contributed by atoms with Crippen LogP contribution in [0.4, 0.5) is 41.2 Å². The highest BCUT2D eigenvalue weighted by Crippen LogP contribution is 2.35. The Morgan fingerprint density at radius 2 is 1.63 bits per heavy atom. The number of hydrogen-bond acceptors (Lipinski definition) is 7. The van der Waals surface area contributed by atoms with E-state index in [0.717, 1.165) is 29.7 Å². The Bertz CT molecular complexity index is 1670. The van der Waals surface area contributed by atoms with Gasteiger partial charge in [0.1, 0.15) is 5.82 Å². The number of benzene rings is 2. The summed E-state index contributed by atoms with van der Waals surface area (Å²) in [6.45, 7) is 5.00. The van der Waals surface area contributed by atoms with Gasteiger partial charge in [0, 0.05) is 44.8 Å². The Morgan fingerprint density at radius 1 is 0.891 bits per heavy atom. The molecule has 1 atom stereocenters. The van der Waals surface area contributed by atoms with Crippen LogP contribution in [0.1, 0.15) is 36.0 Å². The van der Waals surface area contributed by atoms with Crippen LogP contribution < -0.4 is 20.4 Å². The number of para-hydroxylation sites is 1. The molecule has 0 spiro atoms. The maximum absolute atomic E-state index is 13.8. The molecule has 0 bridgehead atoms. The number of nitrogens with one attached hydrogen (secondary N) is 2. The van der Waals surface area contributed by atoms with Crippen LogP contribution in [0.25, 0.3) is 11.1 Å². The van der Waals surface area contributed by atoms with E-state index in [1.807, 2.05) is 66.4 Å². The van der Waals surface area contributed by atoms with Gasteiger partial charge in [-0.05, 0) is 42.5 Å². The topological polar surface area (TPSA) is 107 Å². The van der Waals surface area contributed by atoms with Crippen LogP contribution in [0, 0.1) is 5.92 Å². The lowest BCUT2D eigenvalue weighted by Crippen LogP contribution is -2.50. The fourth-order valence-corrected chi connectivity index (χ4v) is 5.78. The van der Waals surface area contributed by atoms with Crippen molar-refractivity contribution in [2.24, 2.45) is 5.92 Å². The van der Waals surface area contributed by atoms with Crippen molar-refractivity contribution in [3.05, 3.63) is 84.4 Å². The summed E-state index contributed by atoms with van der Waals surface area (Å²) in [6.07, 6.45) is -1.71. The molecule has 2 fully saturated rings. The minimum Gasteiger partial charge on any atom is -0.417 e. The number of alkyl halides is 3. The molecule has 46 heavy (non-hydrogen) atoms. The number of hydrogen-bond donors (Lipinski definition) is 2. The van der Waals surface area contributed by atoms with Gasteiger partial charge in [-0.1, -0.05) is 55.5 Å². The summed E-state index contributed by atoms with van der Waals surface area (Å²) in [7, 11) is 0. The van der Waals surface area contributed by atoms with E-state index < -0.39 is 23.5 Å². The predicted octanol–water partition coefficient (Wildman–Crippen LogP) is 6.60. The molecule has 13 heteroatoms. The number of halogens is 3. The number of anilines is 4. The van der Waals surface area contributed by atoms with Crippen LogP contribution in [-0.2, 0) is 6.18 Å². The quantitative estimate of drug-likeness (QED) is 0.247. The third-order valence-electron chi connectivity index (χ3n) is 8.17. The van der Waals surface area contributed by atoms with Gasteiger partial charge in [-0.3, -0.25) is 4.79 Å². The van der Waals surface area contributed by atoms with Crippen molar-refractivity contribution in [2.45, 2.75) is 25.9 Å². The summed E-state index contributed by atoms with van der Waals surface area (Å²) in [5.74, 6) is -1.05. The number of nitrogens with zero attached hydrogens (tertiary/aromatic N) is 5. The minimum atomic E-state index is -4.86. The van der Waals surface area contributed by atoms with Crippen molar-refractivity contribution in [2.75, 3.05) is 59.7 Å². The molecule has 2 aromatic heterocycles. The number of carbonyl (C=O) groups is 2. The van der Waals surface area contributed by atoms with Crippen LogP contribution in [-0.4, -0.2) is 66.1 Å². The zero-order chi connectivity index (χ0) is 32.3. The summed E-state index contributed by atoms with van der Waals surface area (Å²) < 4.78 is 46.7. The van der Waals surface area contributed by atoms with E-state index in [4.69, 9.17) is 4.42 Å². The molecular weight excluding hydrogens is 599 g/mol. The molecule has 2 saturated heterocycles. The van der Waals surface area contributed by atoms with E-state index in [1.54, 1.807) is 21.9 Å². The van der Waals surface area contributed by atoms with E-state index in [2.05, 4.69) is 20.6 Å². The Balaban J connectivity index is 1.06. The fourth-order valence-electron chi connectivity index (χ4n) is 5.78. The van der Waals surface area contributed by atoms with Crippen LogP contribution in [0.15, 0.2) is 77.3 Å². The number of pyridine rings is 1. The highest BCUT2D eigenvalue weighted by atomic mass is 19.4. The van der Waals surface area contributed by atoms with Gasteiger partial charge in [0.05, 0.1) is 17.6 Å². The van der Waals surface area contributed by atoms with E-state index in [0.29, 0.717) is 45.1 Å². The lowest BCUT2D eigenvalue weighted by atomic mass is 10.0. The van der Waals surface area contributed by atoms with E-state index in [1.165, 1.54) is 6.20 Å². The number of carbonyl (C=O) groups excluding carboxylic acids is 2. The number of urea groups is 1. The molecule has 0 aliphatic carbocycles. The molecular formula is C33H34F3N7O3. The first-order valence-corrected chi connectivity index (χ1v) is 15.2. The molecule has 4 heterocycles. The number of oxazole rings is 1. The Labute approximate surface area is 264 Å². The average Bonchev–Trinajstić information content (AvgIpc) is 3.53. The van der Waals surface area contributed by atoms with Gasteiger partial charge < -0.3 is 29.8 Å². The lowest BCUT2D eigenvalue weighted by molar-refractivity contribution is -0.141. The Hall–Kier alpha value is -5.07. The summed E-state index contributed by atoms with van der Waals surface area (Å²) >= 11 is 0. The SMILES string of the molecule is CC1CCCN(c2nc(C(F)(F)F)c(C(=O)Nc3ccc(N4CCN(C(=O)Nc5ccccc5-c5ccccc5)CC4)nc3)o2)C1. The third kappa shape index (κ3) is 6.93. The molecule has 0 radical (unpaired) electrons. The Morgan fingerprint density at radius 3 is 2.33 bits per heavy atom. The van der Waals surface area contributed by atoms with Gasteiger partial charge >= 0.3 is 12.2 Å². The zero-order valence-corrected chi connectivity index (χ0v) is 25.3. The van der Waals surface area contributed by atoms with Crippen molar-refractivity contribution in [1.82, 2.24) is 14.9 Å². The van der Waals surface area contributed by atoms with E-state index in [-0.39, 0.29) is 23.7 Å². The van der Waals surface area contributed by atoms with Crippen LogP contribution in [0.2, 0.25) is 0 Å². The highest BCUT2D eigenvalue weighted by molar-refractivity contribution is 6.03. The third-order valence-corrected chi connectivity index (χ3v) is 8.17. The standard InChI is InChI=1S/C33H34F3N7O3/c1-22-8-7-15-43(21-22)32-40-29(33(34,35)36)28(46-32)30(44)38-24-13-14-27(37-20-24)41-16-18-42(19-17-41)31(45)39-26-12-6-5-11-25(26)23-9-3-2-4-10-23/h2-6,9-14,20,22H,7-8,15-19,21H2,1H3,(H,38,44)(H,39,45). The van der Waals surface area contributed by atoms with Gasteiger partial charge in [-0.15, -0.1) is 0 Å². The van der Waals surface area contributed by atoms with Crippen molar-refractivity contribution in [3.8, 4) is 11.1 Å². The first-order chi connectivity index (χ1) is 22.2. The van der Waals surface area contributed by atoms with Gasteiger partial charge in [0.2, 0.25) is 5.76 Å². The van der Waals surface area contributed by atoms with Crippen molar-refractivity contribution in [3.63, 3.8) is 0 Å². The normalized spacial score (nSPS) is 17.1. The second-order valence-electron chi connectivity index (χ2n) is 11.5. The number of aromatic nitrogens is 2. The van der Waals surface area contributed by atoms with Gasteiger partial charge in [0.15, 0.2) is 5.69 Å². The van der Waals surface area contributed by atoms with Gasteiger partial charge in [-0.2, -0.15) is 18.2 Å². The fraction of sp³-hybridized carbons (Fsp3) is 0.333. The van der Waals surface area contributed by atoms with Crippen molar-refractivity contribution >= 4 is 35.1 Å². The highest BCUT2D eigenvalue weighted by Gasteiger charge is 2.42. The number of piperidine rings is 1. The van der Waals surface area contributed by atoms with E-state index in [9.17, 15) is 22.8 Å². The Kier molecular flexibility index (Phi) is 8.82. The number of rotatable bonds is 6. The van der Waals surface area contributed by atoms with Crippen molar-refractivity contribution in [1.29, 1.82) is 0 Å². The first kappa shape index (κ1) is 30.9. The average molecular weight is 634 g/mol. The summed E-state index contributed by atoms with van der Waals surface area (Å²) in [4.78, 5) is 39.5. The largest absolute Gasteiger partial charge is 0.437 e. The van der Waals surface area contributed by atoms with Gasteiger partial charge in [-0.25, -0.2) is 9.78 Å². The molecule has 1 unspecified atom stereocenters. The van der Waals surface area contributed by atoms with E-state index >= 15 is 0 Å². The molecule has 3 amide bonds. The molecule has 2 aliphatic rings. The molecule has 2 aliphatic heterocycles. The molecule has 10 nitrogen and oxygen atoms in total. The predicted molar refractivity (Wildman–Crippen MR) is 169 cm³/mol. The van der Waals surface area contributed by atoms with Crippen LogP contribution in [0.3, 0.4) is 0 Å². The smallest absolute Gasteiger partial charge is 0.417 e. The number of piperazine rings is 1. The molecule has 4 aromatic rings. The number of amides is 3. The second-order valence-corrected chi connectivity index (χ2v) is 11.5.